The van der Waals surface area contributed by atoms with Crippen LogP contribution < -0.4 is 0 Å². The molecule has 90 valence electrons. The molecule has 0 heterocycles. The first-order valence-electron chi connectivity index (χ1n) is 5.91. The molecular weight excluding hydrogens is 202 g/mol. The van der Waals surface area contributed by atoms with E-state index in [0.29, 0.717) is 6.42 Å². The summed E-state index contributed by atoms with van der Waals surface area (Å²) >= 11 is 0. The Morgan fingerprint density at radius 3 is 2.12 bits per heavy atom. The molecule has 1 N–H and O–H groups in total. The van der Waals surface area contributed by atoms with Crippen molar-refractivity contribution in [3.05, 3.63) is 11.8 Å². The van der Waals surface area contributed by atoms with Crippen molar-refractivity contribution in [1.29, 1.82) is 5.26 Å². The molecule has 0 aliphatic rings. The van der Waals surface area contributed by atoms with Crippen LogP contribution in [-0.4, -0.2) is 10.9 Å². The fourth-order valence-corrected chi connectivity index (χ4v) is 1.64. The molecule has 0 radical (unpaired) electrons. The third kappa shape index (κ3) is 4.48. The Morgan fingerprint density at radius 1 is 1.25 bits per heavy atom. The van der Waals surface area contributed by atoms with Crippen LogP contribution in [0.1, 0.15) is 46.5 Å². The van der Waals surface area contributed by atoms with Gasteiger partial charge in [0, 0.05) is 24.3 Å². The quantitative estimate of drug-likeness (QED) is 0.531. The zero-order valence-electron chi connectivity index (χ0n) is 10.4. The van der Waals surface area contributed by atoms with Crippen molar-refractivity contribution in [3.63, 3.8) is 0 Å². The molecule has 0 aromatic heterocycles. The SMILES string of the molecule is CCC(CC)C(=O)C=C(O)C(CC)CC#N. The van der Waals surface area contributed by atoms with E-state index in [1.165, 1.54) is 6.08 Å². The standard InChI is InChI=1S/C13H21NO2/c1-4-10(5-2)12(15)9-13(16)11(6-3)7-8-14/h9-11,16H,4-7H2,1-3H3. The Bertz CT molecular complexity index is 285. The van der Waals surface area contributed by atoms with Gasteiger partial charge in [-0.25, -0.2) is 0 Å². The lowest BCUT2D eigenvalue weighted by Gasteiger charge is -2.12. The number of allylic oxidation sites excluding steroid dienone is 2. The summed E-state index contributed by atoms with van der Waals surface area (Å²) in [6, 6.07) is 2.02. The minimum atomic E-state index is -0.205. The van der Waals surface area contributed by atoms with Gasteiger partial charge in [0.2, 0.25) is 0 Å². The molecule has 0 saturated carbocycles. The van der Waals surface area contributed by atoms with Gasteiger partial charge in [-0.2, -0.15) is 5.26 Å². The first-order chi connectivity index (χ1) is 7.60. The van der Waals surface area contributed by atoms with E-state index in [0.717, 1.165) is 12.8 Å². The van der Waals surface area contributed by atoms with Gasteiger partial charge in [0.25, 0.3) is 0 Å². The second-order valence-electron chi connectivity index (χ2n) is 3.95. The smallest absolute Gasteiger partial charge is 0.162 e. The average Bonchev–Trinajstić information content (AvgIpc) is 2.27. The minimum absolute atomic E-state index is 0.0123. The molecule has 0 aliphatic heterocycles. The second kappa shape index (κ2) is 7.92. The van der Waals surface area contributed by atoms with E-state index in [9.17, 15) is 9.90 Å². The molecule has 0 rings (SSSR count). The van der Waals surface area contributed by atoms with E-state index in [4.69, 9.17) is 5.26 Å². The molecule has 0 aromatic carbocycles. The number of carbonyl (C=O) groups is 1. The summed E-state index contributed by atoms with van der Waals surface area (Å²) in [6.07, 6.45) is 3.81. The van der Waals surface area contributed by atoms with E-state index in [1.54, 1.807) is 0 Å². The molecule has 0 aliphatic carbocycles. The maximum absolute atomic E-state index is 11.7. The highest BCUT2D eigenvalue weighted by Gasteiger charge is 2.16. The van der Waals surface area contributed by atoms with Crippen LogP contribution in [0.3, 0.4) is 0 Å². The Kier molecular flexibility index (Phi) is 7.28. The Balaban J connectivity index is 4.62. The third-order valence-electron chi connectivity index (χ3n) is 2.93. The molecule has 1 unspecified atom stereocenters. The van der Waals surface area contributed by atoms with Crippen molar-refractivity contribution < 1.29 is 9.90 Å². The maximum Gasteiger partial charge on any atom is 0.162 e. The van der Waals surface area contributed by atoms with Crippen LogP contribution in [0, 0.1) is 23.2 Å². The summed E-state index contributed by atoms with van der Waals surface area (Å²) in [5.74, 6) is -0.190. The van der Waals surface area contributed by atoms with Crippen LogP contribution in [0.4, 0.5) is 0 Å². The van der Waals surface area contributed by atoms with Gasteiger partial charge in [-0.15, -0.1) is 0 Å². The first kappa shape index (κ1) is 14.7. The van der Waals surface area contributed by atoms with Crippen molar-refractivity contribution in [3.8, 4) is 6.07 Å². The van der Waals surface area contributed by atoms with Crippen LogP contribution in [0.25, 0.3) is 0 Å². The number of aliphatic hydroxyl groups is 1. The third-order valence-corrected chi connectivity index (χ3v) is 2.93. The Morgan fingerprint density at radius 2 is 1.75 bits per heavy atom. The number of hydrogen-bond acceptors (Lipinski definition) is 3. The molecule has 3 heteroatoms. The van der Waals surface area contributed by atoms with E-state index in [2.05, 4.69) is 0 Å². The number of ketones is 1. The van der Waals surface area contributed by atoms with Gasteiger partial charge in [-0.3, -0.25) is 4.79 Å². The molecule has 3 nitrogen and oxygen atoms in total. The van der Waals surface area contributed by atoms with Gasteiger partial charge in [0.05, 0.1) is 11.8 Å². The van der Waals surface area contributed by atoms with Crippen molar-refractivity contribution in [1.82, 2.24) is 0 Å². The zero-order valence-corrected chi connectivity index (χ0v) is 10.4. The number of carbonyl (C=O) groups excluding carboxylic acids is 1. The molecule has 0 spiro atoms. The fourth-order valence-electron chi connectivity index (χ4n) is 1.64. The highest BCUT2D eigenvalue weighted by Crippen LogP contribution is 2.18. The van der Waals surface area contributed by atoms with Gasteiger partial charge < -0.3 is 5.11 Å². The van der Waals surface area contributed by atoms with Gasteiger partial charge in [-0.05, 0) is 19.3 Å². The van der Waals surface area contributed by atoms with Crippen molar-refractivity contribution in [2.75, 3.05) is 0 Å². The normalized spacial score (nSPS) is 13.6. The van der Waals surface area contributed by atoms with Crippen LogP contribution in [0.15, 0.2) is 11.8 Å². The molecule has 0 amide bonds. The summed E-state index contributed by atoms with van der Waals surface area (Å²) in [5.41, 5.74) is 0. The van der Waals surface area contributed by atoms with Crippen LogP contribution in [0.5, 0.6) is 0 Å². The van der Waals surface area contributed by atoms with Crippen molar-refractivity contribution in [2.24, 2.45) is 11.8 Å². The monoisotopic (exact) mass is 223 g/mol. The Hall–Kier alpha value is -1.30. The number of hydrogen-bond donors (Lipinski definition) is 1. The molecule has 16 heavy (non-hydrogen) atoms. The Labute approximate surface area is 97.8 Å². The molecule has 0 fully saturated rings. The summed E-state index contributed by atoms with van der Waals surface area (Å²) in [5, 5.41) is 18.3. The summed E-state index contributed by atoms with van der Waals surface area (Å²) < 4.78 is 0. The van der Waals surface area contributed by atoms with Gasteiger partial charge in [0.1, 0.15) is 0 Å². The van der Waals surface area contributed by atoms with Gasteiger partial charge >= 0.3 is 0 Å². The topological polar surface area (TPSA) is 61.1 Å². The zero-order chi connectivity index (χ0) is 12.6. The van der Waals surface area contributed by atoms with E-state index in [1.807, 2.05) is 26.8 Å². The number of nitrogens with zero attached hydrogens (tertiary/aromatic N) is 1. The van der Waals surface area contributed by atoms with Gasteiger partial charge in [-0.1, -0.05) is 20.8 Å². The molecule has 0 saturated heterocycles. The second-order valence-corrected chi connectivity index (χ2v) is 3.95. The predicted octanol–water partition coefficient (Wildman–Crippen LogP) is 3.37. The van der Waals surface area contributed by atoms with Gasteiger partial charge in [0.15, 0.2) is 5.78 Å². The minimum Gasteiger partial charge on any atom is -0.512 e. The summed E-state index contributed by atoms with van der Waals surface area (Å²) in [7, 11) is 0. The van der Waals surface area contributed by atoms with Crippen LogP contribution in [-0.2, 0) is 4.79 Å². The number of nitriles is 1. The maximum atomic E-state index is 11.7. The molecule has 0 aromatic rings. The lowest BCUT2D eigenvalue weighted by molar-refractivity contribution is -0.118. The first-order valence-corrected chi connectivity index (χ1v) is 5.91. The van der Waals surface area contributed by atoms with E-state index < -0.39 is 0 Å². The molecule has 1 atom stereocenters. The van der Waals surface area contributed by atoms with Crippen molar-refractivity contribution >= 4 is 5.78 Å². The highest BCUT2D eigenvalue weighted by atomic mass is 16.3. The summed E-state index contributed by atoms with van der Waals surface area (Å²) in [4.78, 5) is 11.7. The average molecular weight is 223 g/mol. The number of aliphatic hydroxyl groups excluding tert-OH is 1. The predicted molar refractivity (Wildman–Crippen MR) is 63.8 cm³/mol. The van der Waals surface area contributed by atoms with E-state index >= 15 is 0 Å². The molecule has 0 bridgehead atoms. The van der Waals surface area contributed by atoms with Crippen LogP contribution in [0.2, 0.25) is 0 Å². The largest absolute Gasteiger partial charge is 0.512 e. The van der Waals surface area contributed by atoms with Crippen LogP contribution >= 0.6 is 0 Å². The lowest BCUT2D eigenvalue weighted by atomic mass is 9.94. The highest BCUT2D eigenvalue weighted by molar-refractivity contribution is 5.92. The lowest BCUT2D eigenvalue weighted by Crippen LogP contribution is -2.12. The van der Waals surface area contributed by atoms with E-state index in [-0.39, 0.29) is 29.8 Å². The molecular formula is C13H21NO2. The fraction of sp³-hybridized carbons (Fsp3) is 0.692. The summed E-state index contributed by atoms with van der Waals surface area (Å²) in [6.45, 7) is 5.82. The number of rotatable bonds is 7. The van der Waals surface area contributed by atoms with Crippen molar-refractivity contribution in [2.45, 2.75) is 46.5 Å².